The van der Waals surface area contributed by atoms with E-state index in [0.29, 0.717) is 12.1 Å². The first kappa shape index (κ1) is 17.7. The van der Waals surface area contributed by atoms with Gasteiger partial charge in [-0.1, -0.05) is 42.5 Å². The smallest absolute Gasteiger partial charge is 0.303 e. The van der Waals surface area contributed by atoms with E-state index < -0.39 is 12.1 Å². The first-order valence-electron chi connectivity index (χ1n) is 7.88. The molecule has 0 bridgehead atoms. The fourth-order valence-corrected chi connectivity index (χ4v) is 2.34. The second-order valence-electron chi connectivity index (χ2n) is 5.60. The predicted octanol–water partition coefficient (Wildman–Crippen LogP) is 3.16. The Labute approximate surface area is 141 Å². The van der Waals surface area contributed by atoms with E-state index in [1.54, 1.807) is 12.1 Å². The fourth-order valence-electron chi connectivity index (χ4n) is 2.34. The van der Waals surface area contributed by atoms with E-state index in [-0.39, 0.29) is 18.7 Å². The van der Waals surface area contributed by atoms with Crippen LogP contribution in [0, 0.1) is 0 Å². The number of aryl methyl sites for hydroxylation is 1. The number of carboxylic acids is 1. The summed E-state index contributed by atoms with van der Waals surface area (Å²) in [6, 6.07) is 16.9. The lowest BCUT2D eigenvalue weighted by Crippen LogP contribution is -2.13. The van der Waals surface area contributed by atoms with Crippen molar-refractivity contribution in [2.75, 3.05) is 5.32 Å². The topological polar surface area (TPSA) is 86.6 Å². The first-order chi connectivity index (χ1) is 11.5. The Morgan fingerprint density at radius 1 is 0.958 bits per heavy atom. The van der Waals surface area contributed by atoms with E-state index in [4.69, 9.17) is 5.11 Å². The summed E-state index contributed by atoms with van der Waals surface area (Å²) < 4.78 is 0. The van der Waals surface area contributed by atoms with Gasteiger partial charge in [0.25, 0.3) is 0 Å². The quantitative estimate of drug-likeness (QED) is 0.695. The molecule has 2 aromatic rings. The van der Waals surface area contributed by atoms with Crippen molar-refractivity contribution in [2.45, 2.75) is 31.8 Å². The van der Waals surface area contributed by atoms with Crippen LogP contribution in [0.2, 0.25) is 0 Å². The summed E-state index contributed by atoms with van der Waals surface area (Å²) in [6.45, 7) is 0. The van der Waals surface area contributed by atoms with Gasteiger partial charge in [-0.2, -0.15) is 0 Å². The number of aliphatic hydroxyl groups is 1. The van der Waals surface area contributed by atoms with Crippen LogP contribution in [0.15, 0.2) is 54.6 Å². The molecule has 0 aliphatic heterocycles. The number of aliphatic carboxylic acids is 1. The number of anilines is 1. The van der Waals surface area contributed by atoms with Gasteiger partial charge in [0.1, 0.15) is 0 Å². The van der Waals surface area contributed by atoms with Crippen LogP contribution >= 0.6 is 0 Å². The molecule has 2 aromatic carbocycles. The number of carbonyl (C=O) groups excluding carboxylic acids is 1. The molecule has 3 N–H and O–H groups in total. The van der Waals surface area contributed by atoms with Crippen molar-refractivity contribution in [3.63, 3.8) is 0 Å². The number of hydrogen-bond donors (Lipinski definition) is 3. The summed E-state index contributed by atoms with van der Waals surface area (Å²) in [6.07, 6.45) is 0.626. The molecular weight excluding hydrogens is 306 g/mol. The summed E-state index contributed by atoms with van der Waals surface area (Å²) in [5.41, 5.74) is 2.60. The fraction of sp³-hybridized carbons (Fsp3) is 0.263. The maximum absolute atomic E-state index is 11.6. The van der Waals surface area contributed by atoms with Crippen LogP contribution in [-0.4, -0.2) is 22.1 Å². The van der Waals surface area contributed by atoms with E-state index in [1.807, 2.05) is 42.5 Å². The zero-order valence-corrected chi connectivity index (χ0v) is 13.3. The van der Waals surface area contributed by atoms with Gasteiger partial charge in [0.05, 0.1) is 12.5 Å². The number of rotatable bonds is 8. The second-order valence-corrected chi connectivity index (χ2v) is 5.60. The molecular formula is C19H21NO4. The minimum atomic E-state index is -0.988. The highest BCUT2D eigenvalue weighted by molar-refractivity contribution is 5.92. The van der Waals surface area contributed by atoms with Gasteiger partial charge in [0, 0.05) is 12.1 Å². The summed E-state index contributed by atoms with van der Waals surface area (Å²) in [4.78, 5) is 22.0. The number of hydrogen-bond acceptors (Lipinski definition) is 3. The Morgan fingerprint density at radius 2 is 1.62 bits per heavy atom. The summed E-state index contributed by atoms with van der Waals surface area (Å²) in [5.74, 6) is -1.30. The summed E-state index contributed by atoms with van der Waals surface area (Å²) in [5, 5.41) is 21.4. The van der Waals surface area contributed by atoms with Crippen LogP contribution in [0.1, 0.15) is 36.5 Å². The van der Waals surface area contributed by atoms with Gasteiger partial charge in [-0.05, 0) is 36.1 Å². The first-order valence-corrected chi connectivity index (χ1v) is 7.88. The highest BCUT2D eigenvalue weighted by atomic mass is 16.4. The number of nitrogens with one attached hydrogen (secondary N) is 1. The lowest BCUT2D eigenvalue weighted by Gasteiger charge is -2.11. The van der Waals surface area contributed by atoms with E-state index in [9.17, 15) is 14.7 Å². The molecule has 0 saturated heterocycles. The van der Waals surface area contributed by atoms with Crippen molar-refractivity contribution >= 4 is 17.6 Å². The number of carboxylic acid groups (broad SMARTS) is 1. The monoisotopic (exact) mass is 327 g/mol. The van der Waals surface area contributed by atoms with Crippen molar-refractivity contribution in [2.24, 2.45) is 0 Å². The molecule has 0 saturated carbocycles. The number of amides is 1. The zero-order valence-electron chi connectivity index (χ0n) is 13.3. The van der Waals surface area contributed by atoms with E-state index in [2.05, 4.69) is 5.32 Å². The average molecular weight is 327 g/mol. The molecule has 126 valence electrons. The van der Waals surface area contributed by atoms with Crippen LogP contribution in [-0.2, 0) is 16.0 Å². The molecule has 5 nitrogen and oxygen atoms in total. The molecule has 1 amide bonds. The van der Waals surface area contributed by atoms with Gasteiger partial charge in [-0.25, -0.2) is 0 Å². The van der Waals surface area contributed by atoms with Crippen LogP contribution in [0.25, 0.3) is 0 Å². The summed E-state index contributed by atoms with van der Waals surface area (Å²) in [7, 11) is 0. The van der Waals surface area contributed by atoms with E-state index >= 15 is 0 Å². The second kappa shape index (κ2) is 8.84. The molecule has 24 heavy (non-hydrogen) atoms. The normalized spacial score (nSPS) is 11.7. The summed E-state index contributed by atoms with van der Waals surface area (Å²) >= 11 is 0. The average Bonchev–Trinajstić information content (AvgIpc) is 2.60. The lowest BCUT2D eigenvalue weighted by atomic mass is 10.0. The van der Waals surface area contributed by atoms with Gasteiger partial charge in [0.15, 0.2) is 0 Å². The third kappa shape index (κ3) is 5.85. The Hall–Kier alpha value is -2.66. The molecule has 0 aromatic heterocycles. The SMILES string of the molecule is O=C(O)CCC(=O)Nc1ccc(CCC(O)c2ccccc2)cc1. The Morgan fingerprint density at radius 3 is 2.25 bits per heavy atom. The number of carbonyl (C=O) groups is 2. The van der Waals surface area contributed by atoms with Crippen molar-refractivity contribution in [3.05, 3.63) is 65.7 Å². The Kier molecular flexibility index (Phi) is 6.51. The molecule has 1 atom stereocenters. The van der Waals surface area contributed by atoms with Gasteiger partial charge in [-0.15, -0.1) is 0 Å². The molecule has 0 fully saturated rings. The zero-order chi connectivity index (χ0) is 17.4. The van der Waals surface area contributed by atoms with Crippen molar-refractivity contribution in [1.82, 2.24) is 0 Å². The minimum Gasteiger partial charge on any atom is -0.481 e. The van der Waals surface area contributed by atoms with Gasteiger partial charge in [-0.3, -0.25) is 9.59 Å². The lowest BCUT2D eigenvalue weighted by molar-refractivity contribution is -0.138. The number of aliphatic hydroxyl groups excluding tert-OH is 1. The van der Waals surface area contributed by atoms with Crippen molar-refractivity contribution in [1.29, 1.82) is 0 Å². The molecule has 0 aliphatic carbocycles. The molecule has 0 aliphatic rings. The standard InChI is InChI=1S/C19H21NO4/c21-17(15-4-2-1-3-5-15)11-8-14-6-9-16(10-7-14)20-18(22)12-13-19(23)24/h1-7,9-10,17,21H,8,11-13H2,(H,20,22)(H,23,24). The maximum atomic E-state index is 11.6. The minimum absolute atomic E-state index is 0.0413. The molecule has 5 heteroatoms. The third-order valence-corrected chi connectivity index (χ3v) is 3.69. The van der Waals surface area contributed by atoms with E-state index in [0.717, 1.165) is 17.5 Å². The van der Waals surface area contributed by atoms with Gasteiger partial charge in [0.2, 0.25) is 5.91 Å². The van der Waals surface area contributed by atoms with Crippen LogP contribution in [0.5, 0.6) is 0 Å². The Balaban J connectivity index is 1.81. The van der Waals surface area contributed by atoms with Crippen LogP contribution in [0.3, 0.4) is 0 Å². The van der Waals surface area contributed by atoms with Crippen molar-refractivity contribution in [3.8, 4) is 0 Å². The maximum Gasteiger partial charge on any atom is 0.303 e. The third-order valence-electron chi connectivity index (χ3n) is 3.69. The van der Waals surface area contributed by atoms with Crippen LogP contribution in [0.4, 0.5) is 5.69 Å². The number of benzene rings is 2. The van der Waals surface area contributed by atoms with Gasteiger partial charge >= 0.3 is 5.97 Å². The molecule has 0 heterocycles. The molecule has 0 radical (unpaired) electrons. The predicted molar refractivity (Wildman–Crippen MR) is 91.7 cm³/mol. The highest BCUT2D eigenvalue weighted by Crippen LogP contribution is 2.19. The van der Waals surface area contributed by atoms with E-state index in [1.165, 1.54) is 0 Å². The Bertz CT molecular complexity index is 668. The van der Waals surface area contributed by atoms with Crippen LogP contribution < -0.4 is 5.32 Å². The molecule has 2 rings (SSSR count). The van der Waals surface area contributed by atoms with Crippen molar-refractivity contribution < 1.29 is 19.8 Å². The molecule has 1 unspecified atom stereocenters. The molecule has 0 spiro atoms. The van der Waals surface area contributed by atoms with Gasteiger partial charge < -0.3 is 15.5 Å². The highest BCUT2D eigenvalue weighted by Gasteiger charge is 2.08. The largest absolute Gasteiger partial charge is 0.481 e.